The number of carbonyl (C=O) groups excluding carboxylic acids is 1. The summed E-state index contributed by atoms with van der Waals surface area (Å²) in [6.45, 7) is -1.14. The minimum atomic E-state index is -4.39. The second-order valence-corrected chi connectivity index (χ2v) is 3.83. The highest BCUT2D eigenvalue weighted by Gasteiger charge is 2.28. The van der Waals surface area contributed by atoms with Crippen LogP contribution in [0.25, 0.3) is 0 Å². The van der Waals surface area contributed by atoms with E-state index in [1.165, 1.54) is 18.4 Å². The maximum absolute atomic E-state index is 11.8. The summed E-state index contributed by atoms with van der Waals surface area (Å²) in [5.41, 5.74) is 2.24. The zero-order valence-electron chi connectivity index (χ0n) is 8.41. The van der Waals surface area contributed by atoms with Crippen LogP contribution in [0.2, 0.25) is 0 Å². The summed E-state index contributed by atoms with van der Waals surface area (Å²) < 4.78 is 35.4. The average Bonchev–Trinajstić information content (AvgIpc) is 2.65. The van der Waals surface area contributed by atoms with Crippen molar-refractivity contribution in [1.29, 1.82) is 0 Å². The van der Waals surface area contributed by atoms with Gasteiger partial charge in [-0.05, 0) is 0 Å². The van der Waals surface area contributed by atoms with Crippen molar-refractivity contribution in [2.45, 2.75) is 12.7 Å². The Kier molecular flexibility index (Phi) is 4.11. The topological polar surface area (TPSA) is 45.2 Å². The van der Waals surface area contributed by atoms with Crippen LogP contribution < -0.4 is 5.32 Å². The smallest absolute Gasteiger partial charge is 0.329 e. The highest BCUT2D eigenvalue weighted by atomic mass is 32.1. The van der Waals surface area contributed by atoms with E-state index in [2.05, 4.69) is 4.98 Å². The molecule has 0 bridgehead atoms. The molecule has 0 spiro atoms. The summed E-state index contributed by atoms with van der Waals surface area (Å²) in [5, 5.41) is 3.50. The molecule has 0 aromatic carbocycles. The summed E-state index contributed by atoms with van der Waals surface area (Å²) in [5.74, 6) is 0. The molecule has 0 saturated carbocycles. The van der Waals surface area contributed by atoms with Gasteiger partial charge in [-0.3, -0.25) is 0 Å². The minimum absolute atomic E-state index is 0.188. The van der Waals surface area contributed by atoms with Gasteiger partial charge < -0.3 is 10.2 Å². The van der Waals surface area contributed by atoms with Gasteiger partial charge in [0.05, 0.1) is 17.7 Å². The van der Waals surface area contributed by atoms with E-state index in [1.807, 2.05) is 0 Å². The van der Waals surface area contributed by atoms with Gasteiger partial charge in [-0.15, -0.1) is 11.3 Å². The first kappa shape index (κ1) is 12.8. The van der Waals surface area contributed by atoms with Crippen LogP contribution in [0.1, 0.15) is 5.69 Å². The molecule has 0 aliphatic heterocycles. The summed E-state index contributed by atoms with van der Waals surface area (Å²) >= 11 is 1.36. The summed E-state index contributed by atoms with van der Waals surface area (Å²) in [6.07, 6.45) is -4.39. The van der Waals surface area contributed by atoms with Crippen molar-refractivity contribution in [1.82, 2.24) is 15.2 Å². The Bertz CT molecular complexity index is 339. The van der Waals surface area contributed by atoms with Crippen LogP contribution in [0.15, 0.2) is 10.9 Å². The number of thiazole rings is 1. The molecule has 2 amide bonds. The number of halogens is 3. The van der Waals surface area contributed by atoms with Crippen molar-refractivity contribution in [3.05, 3.63) is 16.6 Å². The normalized spacial score (nSPS) is 11.2. The first-order valence-corrected chi connectivity index (χ1v) is 5.25. The van der Waals surface area contributed by atoms with Crippen molar-refractivity contribution in [2.24, 2.45) is 0 Å². The number of alkyl halides is 3. The van der Waals surface area contributed by atoms with E-state index in [0.29, 0.717) is 5.69 Å². The van der Waals surface area contributed by atoms with Crippen LogP contribution in [-0.2, 0) is 6.54 Å². The van der Waals surface area contributed by atoms with Crippen molar-refractivity contribution < 1.29 is 18.0 Å². The molecule has 0 saturated heterocycles. The van der Waals surface area contributed by atoms with Gasteiger partial charge >= 0.3 is 12.2 Å². The van der Waals surface area contributed by atoms with Crippen molar-refractivity contribution in [3.63, 3.8) is 0 Å². The van der Waals surface area contributed by atoms with E-state index >= 15 is 0 Å². The minimum Gasteiger partial charge on any atom is -0.329 e. The third kappa shape index (κ3) is 4.47. The molecule has 1 N–H and O–H groups in total. The van der Waals surface area contributed by atoms with E-state index < -0.39 is 18.8 Å². The van der Waals surface area contributed by atoms with Gasteiger partial charge in [-0.1, -0.05) is 0 Å². The Labute approximate surface area is 94.1 Å². The molecular weight excluding hydrogens is 243 g/mol. The second-order valence-electron chi connectivity index (χ2n) is 3.11. The quantitative estimate of drug-likeness (QED) is 0.893. The van der Waals surface area contributed by atoms with Crippen LogP contribution in [0.4, 0.5) is 18.0 Å². The van der Waals surface area contributed by atoms with Gasteiger partial charge in [0.25, 0.3) is 0 Å². The Hall–Kier alpha value is -1.31. The highest BCUT2D eigenvalue weighted by Crippen LogP contribution is 2.12. The van der Waals surface area contributed by atoms with E-state index in [9.17, 15) is 18.0 Å². The molecule has 1 rings (SSSR count). The number of hydrogen-bond donors (Lipinski definition) is 1. The van der Waals surface area contributed by atoms with Crippen LogP contribution in [-0.4, -0.2) is 35.7 Å². The number of nitrogens with zero attached hydrogens (tertiary/aromatic N) is 2. The summed E-state index contributed by atoms with van der Waals surface area (Å²) in [7, 11) is 1.41. The first-order chi connectivity index (χ1) is 7.38. The van der Waals surface area contributed by atoms with Crippen molar-refractivity contribution >= 4 is 17.4 Å². The zero-order chi connectivity index (χ0) is 12.2. The maximum atomic E-state index is 11.8. The lowest BCUT2D eigenvalue weighted by molar-refractivity contribution is -0.123. The van der Waals surface area contributed by atoms with Crippen LogP contribution in [0, 0.1) is 0 Å². The molecule has 1 heterocycles. The third-order valence-corrected chi connectivity index (χ3v) is 2.30. The molecule has 4 nitrogen and oxygen atoms in total. The standard InChI is InChI=1S/C8H10F3N3OS/c1-14(2-6-3-16-5-13-6)7(15)12-4-8(9,10)11/h3,5H,2,4H2,1H3,(H,12,15). The number of amides is 2. The largest absolute Gasteiger partial charge is 0.405 e. The fourth-order valence-corrected chi connectivity index (χ4v) is 1.49. The van der Waals surface area contributed by atoms with Gasteiger partial charge in [0, 0.05) is 12.4 Å². The predicted molar refractivity (Wildman–Crippen MR) is 53.0 cm³/mol. The molecule has 16 heavy (non-hydrogen) atoms. The van der Waals surface area contributed by atoms with Gasteiger partial charge in [0.2, 0.25) is 0 Å². The monoisotopic (exact) mass is 253 g/mol. The van der Waals surface area contributed by atoms with Crippen LogP contribution in [0.3, 0.4) is 0 Å². The zero-order valence-corrected chi connectivity index (χ0v) is 9.23. The Morgan fingerprint density at radius 1 is 1.62 bits per heavy atom. The van der Waals surface area contributed by atoms with Crippen molar-refractivity contribution in [2.75, 3.05) is 13.6 Å². The lowest BCUT2D eigenvalue weighted by Gasteiger charge is -2.17. The molecule has 8 heteroatoms. The number of hydrogen-bond acceptors (Lipinski definition) is 3. The average molecular weight is 253 g/mol. The molecule has 90 valence electrons. The lowest BCUT2D eigenvalue weighted by Crippen LogP contribution is -2.41. The van der Waals surface area contributed by atoms with E-state index in [0.717, 1.165) is 4.90 Å². The molecular formula is C8H10F3N3OS. The first-order valence-electron chi connectivity index (χ1n) is 4.31. The second kappa shape index (κ2) is 5.15. The molecule has 0 unspecified atom stereocenters. The Balaban J connectivity index is 2.37. The van der Waals surface area contributed by atoms with E-state index in [1.54, 1.807) is 16.2 Å². The van der Waals surface area contributed by atoms with E-state index in [4.69, 9.17) is 0 Å². The van der Waals surface area contributed by atoms with Gasteiger partial charge in [-0.2, -0.15) is 13.2 Å². The number of nitrogens with one attached hydrogen (secondary N) is 1. The molecule has 1 aromatic heterocycles. The van der Waals surface area contributed by atoms with Gasteiger partial charge in [0.15, 0.2) is 0 Å². The number of aromatic nitrogens is 1. The highest BCUT2D eigenvalue weighted by molar-refractivity contribution is 7.07. The molecule has 0 aliphatic rings. The predicted octanol–water partition coefficient (Wildman–Crippen LogP) is 1.85. The number of urea groups is 1. The molecule has 1 aromatic rings. The molecule has 0 fully saturated rings. The fourth-order valence-electron chi connectivity index (χ4n) is 0.941. The Morgan fingerprint density at radius 3 is 2.81 bits per heavy atom. The Morgan fingerprint density at radius 2 is 2.31 bits per heavy atom. The molecule has 0 aliphatic carbocycles. The number of rotatable bonds is 3. The summed E-state index contributed by atoms with van der Waals surface area (Å²) in [4.78, 5) is 16.3. The van der Waals surface area contributed by atoms with E-state index in [-0.39, 0.29) is 6.54 Å². The van der Waals surface area contributed by atoms with Crippen molar-refractivity contribution in [3.8, 4) is 0 Å². The summed E-state index contributed by atoms with van der Waals surface area (Å²) in [6, 6.07) is -0.773. The van der Waals surface area contributed by atoms with Crippen LogP contribution >= 0.6 is 11.3 Å². The van der Waals surface area contributed by atoms with Gasteiger partial charge in [0.1, 0.15) is 6.54 Å². The molecule has 0 radical (unpaired) electrons. The lowest BCUT2D eigenvalue weighted by atomic mass is 10.4. The fraction of sp³-hybridized carbons (Fsp3) is 0.500. The third-order valence-electron chi connectivity index (χ3n) is 1.67. The molecule has 0 atom stereocenters. The SMILES string of the molecule is CN(Cc1cscn1)C(=O)NCC(F)(F)F. The maximum Gasteiger partial charge on any atom is 0.405 e. The van der Waals surface area contributed by atoms with Gasteiger partial charge in [-0.25, -0.2) is 9.78 Å². The van der Waals surface area contributed by atoms with Crippen LogP contribution in [0.5, 0.6) is 0 Å². The number of carbonyl (C=O) groups is 1.